The first kappa shape index (κ1) is 16.2. The molecule has 1 aliphatic carbocycles. The minimum absolute atomic E-state index is 0.396. The van der Waals surface area contributed by atoms with Gasteiger partial charge >= 0.3 is 5.97 Å². The number of esters is 1. The van der Waals surface area contributed by atoms with E-state index in [0.717, 1.165) is 36.1 Å². The van der Waals surface area contributed by atoms with Crippen LogP contribution in [0.25, 0.3) is 0 Å². The van der Waals surface area contributed by atoms with Crippen molar-refractivity contribution < 1.29 is 19.1 Å². The molecule has 0 bridgehead atoms. The van der Waals surface area contributed by atoms with Gasteiger partial charge in [0.05, 0.1) is 5.56 Å². The van der Waals surface area contributed by atoms with Gasteiger partial charge in [-0.1, -0.05) is 6.08 Å². The summed E-state index contributed by atoms with van der Waals surface area (Å²) >= 11 is 1.38. The molecule has 6 nitrogen and oxygen atoms in total. The third-order valence-corrected chi connectivity index (χ3v) is 4.53. The summed E-state index contributed by atoms with van der Waals surface area (Å²) in [6.07, 6.45) is 6.53. The van der Waals surface area contributed by atoms with Gasteiger partial charge in [0.2, 0.25) is 0 Å². The first-order chi connectivity index (χ1) is 10.5. The number of carbonyl (C=O) groups is 3. The second kappa shape index (κ2) is 7.22. The van der Waals surface area contributed by atoms with Crippen molar-refractivity contribution in [1.29, 1.82) is 0 Å². The highest BCUT2D eigenvalue weighted by atomic mass is 32.1. The van der Waals surface area contributed by atoms with Gasteiger partial charge in [-0.3, -0.25) is 9.59 Å². The van der Waals surface area contributed by atoms with E-state index in [4.69, 9.17) is 10.5 Å². The molecule has 0 aliphatic heterocycles. The van der Waals surface area contributed by atoms with Gasteiger partial charge < -0.3 is 15.8 Å². The van der Waals surface area contributed by atoms with Crippen molar-refractivity contribution in [3.8, 4) is 0 Å². The van der Waals surface area contributed by atoms with Crippen LogP contribution in [0.1, 0.15) is 40.6 Å². The highest BCUT2D eigenvalue weighted by molar-refractivity contribution is 7.17. The molecule has 1 aromatic rings. The largest absolute Gasteiger partial charge is 0.452 e. The van der Waals surface area contributed by atoms with Gasteiger partial charge in [0, 0.05) is 11.0 Å². The van der Waals surface area contributed by atoms with E-state index >= 15 is 0 Å². The predicted molar refractivity (Wildman–Crippen MR) is 83.9 cm³/mol. The molecule has 0 unspecified atom stereocenters. The SMILES string of the molecule is CC=CC(=O)OCC(=O)Nc1sc2c(c1C(N)=O)CCCC2. The molecule has 7 heteroatoms. The number of nitrogens with two attached hydrogens (primary N) is 1. The lowest BCUT2D eigenvalue weighted by Gasteiger charge is -2.11. The number of anilines is 1. The van der Waals surface area contributed by atoms with Crippen molar-refractivity contribution in [2.45, 2.75) is 32.6 Å². The Balaban J connectivity index is 2.09. The van der Waals surface area contributed by atoms with Crippen molar-refractivity contribution in [2.75, 3.05) is 11.9 Å². The normalized spacial score (nSPS) is 13.7. The van der Waals surface area contributed by atoms with E-state index < -0.39 is 24.4 Å². The monoisotopic (exact) mass is 322 g/mol. The topological polar surface area (TPSA) is 98.5 Å². The molecule has 2 rings (SSSR count). The quantitative estimate of drug-likeness (QED) is 0.637. The van der Waals surface area contributed by atoms with Crippen LogP contribution in [0.15, 0.2) is 12.2 Å². The lowest BCUT2D eigenvalue weighted by molar-refractivity contribution is -0.142. The number of primary amides is 1. The molecule has 0 saturated carbocycles. The summed E-state index contributed by atoms with van der Waals surface area (Å²) in [5.41, 5.74) is 6.79. The molecule has 118 valence electrons. The molecule has 1 heterocycles. The molecule has 0 aromatic carbocycles. The Kier molecular flexibility index (Phi) is 5.32. The fraction of sp³-hybridized carbons (Fsp3) is 0.400. The Hall–Kier alpha value is -2.15. The second-order valence-electron chi connectivity index (χ2n) is 4.94. The molecular weight excluding hydrogens is 304 g/mol. The average Bonchev–Trinajstić information content (AvgIpc) is 2.83. The Morgan fingerprint density at radius 1 is 1.32 bits per heavy atom. The van der Waals surface area contributed by atoms with Crippen LogP contribution in [0.3, 0.4) is 0 Å². The zero-order valence-corrected chi connectivity index (χ0v) is 13.1. The number of allylic oxidation sites excluding steroid dienone is 1. The first-order valence-electron chi connectivity index (χ1n) is 7.06. The van der Waals surface area contributed by atoms with Crippen molar-refractivity contribution >= 4 is 34.1 Å². The molecule has 0 fully saturated rings. The summed E-state index contributed by atoms with van der Waals surface area (Å²) in [5.74, 6) is -1.61. The van der Waals surface area contributed by atoms with E-state index in [9.17, 15) is 14.4 Å². The summed E-state index contributed by atoms with van der Waals surface area (Å²) in [6.45, 7) is 1.28. The molecule has 1 aromatic heterocycles. The number of nitrogens with one attached hydrogen (secondary N) is 1. The maximum Gasteiger partial charge on any atom is 0.330 e. The molecule has 0 saturated heterocycles. The third-order valence-electron chi connectivity index (χ3n) is 3.32. The van der Waals surface area contributed by atoms with Crippen molar-refractivity contribution in [2.24, 2.45) is 5.73 Å². The van der Waals surface area contributed by atoms with Gasteiger partial charge in [-0.2, -0.15) is 0 Å². The maximum absolute atomic E-state index is 11.9. The van der Waals surface area contributed by atoms with E-state index in [1.54, 1.807) is 6.92 Å². The standard InChI is InChI=1S/C15H18N2O4S/c1-2-5-12(19)21-8-11(18)17-15-13(14(16)20)9-6-3-4-7-10(9)22-15/h2,5H,3-4,6-8H2,1H3,(H2,16,20)(H,17,18). The number of amides is 2. The van der Waals surface area contributed by atoms with Crippen molar-refractivity contribution in [1.82, 2.24) is 0 Å². The van der Waals surface area contributed by atoms with Crippen molar-refractivity contribution in [3.05, 3.63) is 28.2 Å². The number of carbonyl (C=O) groups excluding carboxylic acids is 3. The van der Waals surface area contributed by atoms with Gasteiger partial charge in [-0.15, -0.1) is 11.3 Å². The molecule has 0 spiro atoms. The number of ether oxygens (including phenoxy) is 1. The smallest absolute Gasteiger partial charge is 0.330 e. The Morgan fingerprint density at radius 3 is 2.73 bits per heavy atom. The number of hydrogen-bond acceptors (Lipinski definition) is 5. The van der Waals surface area contributed by atoms with Gasteiger partial charge in [0.25, 0.3) is 11.8 Å². The van der Waals surface area contributed by atoms with Crippen LogP contribution in [0, 0.1) is 0 Å². The van der Waals surface area contributed by atoms with Gasteiger partial charge in [0.1, 0.15) is 5.00 Å². The fourth-order valence-electron chi connectivity index (χ4n) is 2.40. The molecule has 22 heavy (non-hydrogen) atoms. The van der Waals surface area contributed by atoms with Crippen LogP contribution in [-0.2, 0) is 27.2 Å². The highest BCUT2D eigenvalue weighted by Gasteiger charge is 2.25. The van der Waals surface area contributed by atoms with E-state index in [0.29, 0.717) is 10.6 Å². The molecule has 0 radical (unpaired) electrons. The molecule has 3 N–H and O–H groups in total. The number of hydrogen-bond donors (Lipinski definition) is 2. The second-order valence-corrected chi connectivity index (χ2v) is 6.04. The van der Waals surface area contributed by atoms with E-state index in [1.807, 2.05) is 0 Å². The number of thiophene rings is 1. The van der Waals surface area contributed by atoms with Gasteiger partial charge in [-0.05, 0) is 38.2 Å². The Labute approximate surface area is 132 Å². The molecule has 2 amide bonds. The molecule has 0 atom stereocenters. The Morgan fingerprint density at radius 2 is 2.05 bits per heavy atom. The average molecular weight is 322 g/mol. The minimum atomic E-state index is -0.585. The Bertz CT molecular complexity index is 634. The summed E-state index contributed by atoms with van der Waals surface area (Å²) in [4.78, 5) is 35.8. The predicted octanol–water partition coefficient (Wildman–Crippen LogP) is 1.78. The molecular formula is C15H18N2O4S. The summed E-state index contributed by atoms with van der Waals surface area (Å²) in [7, 11) is 0. The van der Waals surface area contributed by atoms with Crippen molar-refractivity contribution in [3.63, 3.8) is 0 Å². The zero-order valence-electron chi connectivity index (χ0n) is 12.3. The summed E-state index contributed by atoms with van der Waals surface area (Å²) < 4.78 is 4.77. The zero-order chi connectivity index (χ0) is 16.1. The van der Waals surface area contributed by atoms with E-state index in [2.05, 4.69) is 5.32 Å². The van der Waals surface area contributed by atoms with Gasteiger partial charge in [-0.25, -0.2) is 4.79 Å². The van der Waals surface area contributed by atoms with Crippen LogP contribution in [-0.4, -0.2) is 24.4 Å². The lowest BCUT2D eigenvalue weighted by atomic mass is 9.95. The lowest BCUT2D eigenvalue weighted by Crippen LogP contribution is -2.22. The third kappa shape index (κ3) is 3.73. The first-order valence-corrected chi connectivity index (χ1v) is 7.88. The maximum atomic E-state index is 11.9. The number of rotatable bonds is 5. The van der Waals surface area contributed by atoms with Crippen LogP contribution < -0.4 is 11.1 Å². The van der Waals surface area contributed by atoms with Crippen LogP contribution >= 0.6 is 11.3 Å². The van der Waals surface area contributed by atoms with E-state index in [-0.39, 0.29) is 0 Å². The highest BCUT2D eigenvalue weighted by Crippen LogP contribution is 2.37. The van der Waals surface area contributed by atoms with Crippen LogP contribution in [0.2, 0.25) is 0 Å². The van der Waals surface area contributed by atoms with Gasteiger partial charge in [0.15, 0.2) is 6.61 Å². The van der Waals surface area contributed by atoms with Crippen LogP contribution in [0.4, 0.5) is 5.00 Å². The number of fused-ring (bicyclic) bond motifs is 1. The van der Waals surface area contributed by atoms with E-state index in [1.165, 1.54) is 23.5 Å². The van der Waals surface area contributed by atoms with Crippen LogP contribution in [0.5, 0.6) is 0 Å². The summed E-state index contributed by atoms with van der Waals surface area (Å²) in [5, 5.41) is 3.07. The molecule has 1 aliphatic rings. The fourth-order valence-corrected chi connectivity index (χ4v) is 3.71. The summed E-state index contributed by atoms with van der Waals surface area (Å²) in [6, 6.07) is 0. The number of aryl methyl sites for hydroxylation is 1. The minimum Gasteiger partial charge on any atom is -0.452 e.